The molecule has 6 heteroatoms. The van der Waals surface area contributed by atoms with Gasteiger partial charge in [-0.25, -0.2) is 0 Å². The Hall–Kier alpha value is -1.30. The molecule has 100 valence electrons. The average Bonchev–Trinajstić information content (AvgIpc) is 2.36. The van der Waals surface area contributed by atoms with Crippen molar-refractivity contribution in [2.75, 3.05) is 39.2 Å². The molecule has 0 bridgehead atoms. The maximum atomic E-state index is 11.8. The number of nitrogens with two attached hydrogens (primary N) is 1. The van der Waals surface area contributed by atoms with Crippen molar-refractivity contribution in [3.63, 3.8) is 0 Å². The van der Waals surface area contributed by atoms with Gasteiger partial charge in [-0.05, 0) is 12.1 Å². The molecule has 1 aromatic carbocycles. The molecule has 0 aliphatic carbocycles. The maximum Gasteiger partial charge on any atom is 0.252 e. The van der Waals surface area contributed by atoms with Crippen molar-refractivity contribution in [2.24, 2.45) is 0 Å². The number of anilines is 1. The van der Waals surface area contributed by atoms with E-state index in [2.05, 4.69) is 5.32 Å². The Morgan fingerprint density at radius 1 is 1.39 bits per heavy atom. The van der Waals surface area contributed by atoms with Crippen molar-refractivity contribution in [3.8, 4) is 0 Å². The van der Waals surface area contributed by atoms with Gasteiger partial charge in [0, 0.05) is 13.7 Å². The van der Waals surface area contributed by atoms with E-state index in [1.54, 1.807) is 25.3 Å². The monoisotopic (exact) mass is 272 g/mol. The summed E-state index contributed by atoms with van der Waals surface area (Å²) in [6.07, 6.45) is 0. The summed E-state index contributed by atoms with van der Waals surface area (Å²) in [5.41, 5.74) is 6.38. The van der Waals surface area contributed by atoms with Crippen molar-refractivity contribution in [2.45, 2.75) is 0 Å². The first-order valence-corrected chi connectivity index (χ1v) is 5.93. The third-order valence-electron chi connectivity index (χ3n) is 2.24. The fourth-order valence-corrected chi connectivity index (χ4v) is 1.51. The molecule has 0 aliphatic heterocycles. The van der Waals surface area contributed by atoms with Gasteiger partial charge in [0.1, 0.15) is 0 Å². The van der Waals surface area contributed by atoms with Crippen LogP contribution in [-0.2, 0) is 9.47 Å². The number of rotatable bonds is 7. The van der Waals surface area contributed by atoms with E-state index < -0.39 is 0 Å². The Labute approximate surface area is 111 Å². The van der Waals surface area contributed by atoms with Crippen molar-refractivity contribution in [1.29, 1.82) is 0 Å². The van der Waals surface area contributed by atoms with Gasteiger partial charge < -0.3 is 20.5 Å². The Morgan fingerprint density at radius 2 is 2.17 bits per heavy atom. The fraction of sp³-hybridized carbons (Fsp3) is 0.417. The maximum absolute atomic E-state index is 11.8. The summed E-state index contributed by atoms with van der Waals surface area (Å²) in [7, 11) is 1.60. The molecule has 18 heavy (non-hydrogen) atoms. The summed E-state index contributed by atoms with van der Waals surface area (Å²) < 4.78 is 10.0. The van der Waals surface area contributed by atoms with Gasteiger partial charge in [0.2, 0.25) is 0 Å². The second kappa shape index (κ2) is 7.92. The molecule has 1 rings (SSSR count). The lowest BCUT2D eigenvalue weighted by Crippen LogP contribution is -2.28. The third kappa shape index (κ3) is 4.52. The van der Waals surface area contributed by atoms with Crippen LogP contribution in [0.15, 0.2) is 18.2 Å². The highest BCUT2D eigenvalue weighted by Gasteiger charge is 2.11. The molecule has 0 radical (unpaired) electrons. The smallest absolute Gasteiger partial charge is 0.252 e. The van der Waals surface area contributed by atoms with Crippen LogP contribution in [0.25, 0.3) is 0 Å². The first kappa shape index (κ1) is 14.8. The Morgan fingerprint density at radius 3 is 2.89 bits per heavy atom. The molecule has 5 nitrogen and oxygen atoms in total. The van der Waals surface area contributed by atoms with Crippen LogP contribution in [0, 0.1) is 0 Å². The lowest BCUT2D eigenvalue weighted by Gasteiger charge is -2.08. The minimum atomic E-state index is -0.261. The first-order chi connectivity index (χ1) is 8.66. The van der Waals surface area contributed by atoms with Crippen molar-refractivity contribution >= 4 is 23.2 Å². The predicted octanol–water partition coefficient (Wildman–Crippen LogP) is 1.31. The van der Waals surface area contributed by atoms with Crippen LogP contribution in [0.4, 0.5) is 5.69 Å². The zero-order chi connectivity index (χ0) is 13.4. The largest absolute Gasteiger partial charge is 0.398 e. The Bertz CT molecular complexity index is 399. The number of methoxy groups -OCH3 is 1. The summed E-state index contributed by atoms with van der Waals surface area (Å²) in [5.74, 6) is -0.261. The molecule has 3 N–H and O–H groups in total. The molecule has 0 heterocycles. The van der Waals surface area contributed by atoms with Crippen LogP contribution >= 0.6 is 11.6 Å². The van der Waals surface area contributed by atoms with Gasteiger partial charge in [0.15, 0.2) is 0 Å². The lowest BCUT2D eigenvalue weighted by atomic mass is 10.2. The molecule has 1 aromatic rings. The van der Waals surface area contributed by atoms with Crippen LogP contribution < -0.4 is 11.1 Å². The molecule has 0 fully saturated rings. The summed E-state index contributed by atoms with van der Waals surface area (Å²) in [6.45, 7) is 1.88. The van der Waals surface area contributed by atoms with Gasteiger partial charge in [-0.3, -0.25) is 4.79 Å². The van der Waals surface area contributed by atoms with E-state index >= 15 is 0 Å². The van der Waals surface area contributed by atoms with Crippen LogP contribution in [0.3, 0.4) is 0 Å². The number of carbonyl (C=O) groups excluding carboxylic acids is 1. The lowest BCUT2D eigenvalue weighted by molar-refractivity contribution is 0.0693. The third-order valence-corrected chi connectivity index (χ3v) is 2.66. The van der Waals surface area contributed by atoms with Crippen molar-refractivity contribution in [1.82, 2.24) is 5.32 Å². The number of hydrogen-bond acceptors (Lipinski definition) is 4. The summed E-state index contributed by atoms with van der Waals surface area (Å²) in [5, 5.41) is 2.97. The van der Waals surface area contributed by atoms with Crippen LogP contribution in [0.5, 0.6) is 0 Å². The SMILES string of the molecule is COCCOCCNC(=O)c1cccc(N)c1Cl. The van der Waals surface area contributed by atoms with Gasteiger partial charge in [-0.1, -0.05) is 17.7 Å². The second-order valence-electron chi connectivity index (χ2n) is 3.57. The highest BCUT2D eigenvalue weighted by atomic mass is 35.5. The highest BCUT2D eigenvalue weighted by molar-refractivity contribution is 6.36. The van der Waals surface area contributed by atoms with E-state index in [4.69, 9.17) is 26.8 Å². The molecular formula is C12H17ClN2O3. The highest BCUT2D eigenvalue weighted by Crippen LogP contribution is 2.22. The quantitative estimate of drug-likeness (QED) is 0.580. The molecule has 0 aliphatic rings. The Balaban J connectivity index is 2.35. The minimum absolute atomic E-state index is 0.261. The van der Waals surface area contributed by atoms with Crippen LogP contribution in [0.2, 0.25) is 5.02 Å². The number of amides is 1. The molecule has 0 spiro atoms. The number of nitrogens with one attached hydrogen (secondary N) is 1. The zero-order valence-electron chi connectivity index (χ0n) is 10.2. The first-order valence-electron chi connectivity index (χ1n) is 5.55. The molecule has 0 aromatic heterocycles. The zero-order valence-corrected chi connectivity index (χ0v) is 11.0. The second-order valence-corrected chi connectivity index (χ2v) is 3.95. The summed E-state index contributed by atoms with van der Waals surface area (Å²) in [4.78, 5) is 11.8. The van der Waals surface area contributed by atoms with E-state index in [0.29, 0.717) is 37.6 Å². The van der Waals surface area contributed by atoms with E-state index in [1.165, 1.54) is 0 Å². The number of halogens is 1. The normalized spacial score (nSPS) is 10.3. The van der Waals surface area contributed by atoms with Crippen LogP contribution in [-0.4, -0.2) is 39.4 Å². The molecule has 0 saturated heterocycles. The Kier molecular flexibility index (Phi) is 6.49. The average molecular weight is 273 g/mol. The number of nitrogen functional groups attached to an aromatic ring is 1. The van der Waals surface area contributed by atoms with Gasteiger partial charge in [-0.15, -0.1) is 0 Å². The van der Waals surface area contributed by atoms with Gasteiger partial charge in [0.25, 0.3) is 5.91 Å². The van der Waals surface area contributed by atoms with E-state index in [0.717, 1.165) is 0 Å². The van der Waals surface area contributed by atoms with E-state index in [9.17, 15) is 4.79 Å². The van der Waals surface area contributed by atoms with Gasteiger partial charge in [-0.2, -0.15) is 0 Å². The molecule has 1 amide bonds. The summed E-state index contributed by atoms with van der Waals surface area (Å²) >= 11 is 5.94. The van der Waals surface area contributed by atoms with Gasteiger partial charge >= 0.3 is 0 Å². The van der Waals surface area contributed by atoms with Gasteiger partial charge in [0.05, 0.1) is 36.1 Å². The summed E-state index contributed by atoms with van der Waals surface area (Å²) in [6, 6.07) is 4.96. The number of ether oxygens (including phenoxy) is 2. The number of carbonyl (C=O) groups is 1. The van der Waals surface area contributed by atoms with E-state index in [-0.39, 0.29) is 10.9 Å². The molecular weight excluding hydrogens is 256 g/mol. The number of hydrogen-bond donors (Lipinski definition) is 2. The molecule has 0 atom stereocenters. The topological polar surface area (TPSA) is 73.6 Å². The van der Waals surface area contributed by atoms with Crippen molar-refractivity contribution in [3.05, 3.63) is 28.8 Å². The van der Waals surface area contributed by atoms with E-state index in [1.807, 2.05) is 0 Å². The van der Waals surface area contributed by atoms with Crippen LogP contribution in [0.1, 0.15) is 10.4 Å². The van der Waals surface area contributed by atoms with Crippen molar-refractivity contribution < 1.29 is 14.3 Å². The standard InChI is InChI=1S/C12H17ClN2O3/c1-17-7-8-18-6-5-15-12(16)9-3-2-4-10(14)11(9)13/h2-4H,5-8,14H2,1H3,(H,15,16). The fourth-order valence-electron chi connectivity index (χ4n) is 1.30. The number of benzene rings is 1. The minimum Gasteiger partial charge on any atom is -0.398 e. The molecule has 0 saturated carbocycles. The molecule has 0 unspecified atom stereocenters. The predicted molar refractivity (Wildman–Crippen MR) is 70.9 cm³/mol.